The van der Waals surface area contributed by atoms with Crippen molar-refractivity contribution in [2.45, 2.75) is 6.42 Å². The van der Waals surface area contributed by atoms with Crippen LogP contribution in [-0.4, -0.2) is 0 Å². The quantitative estimate of drug-likeness (QED) is 0.804. The van der Waals surface area contributed by atoms with Crippen molar-refractivity contribution in [1.82, 2.24) is 0 Å². The molecule has 0 heterocycles. The van der Waals surface area contributed by atoms with E-state index < -0.39 is 0 Å². The zero-order valence-corrected chi connectivity index (χ0v) is 10.5. The maximum atomic E-state index is 5.83. The van der Waals surface area contributed by atoms with Crippen LogP contribution in [0.3, 0.4) is 0 Å². The molecule has 1 aliphatic carbocycles. The SMILES string of the molecule is C1=C(Oc2ccccc2)C(Oc2ccccc2)=CC1. The molecule has 0 fully saturated rings. The van der Waals surface area contributed by atoms with Crippen molar-refractivity contribution in [3.63, 3.8) is 0 Å². The van der Waals surface area contributed by atoms with Gasteiger partial charge in [0.2, 0.25) is 0 Å². The first-order valence-corrected chi connectivity index (χ1v) is 6.28. The smallest absolute Gasteiger partial charge is 0.165 e. The number of rotatable bonds is 4. The van der Waals surface area contributed by atoms with Crippen LogP contribution in [-0.2, 0) is 0 Å². The highest BCUT2D eigenvalue weighted by Crippen LogP contribution is 2.26. The number of benzene rings is 2. The first kappa shape index (κ1) is 11.6. The van der Waals surface area contributed by atoms with Gasteiger partial charge in [-0.15, -0.1) is 0 Å². The second kappa shape index (κ2) is 5.44. The van der Waals surface area contributed by atoms with Gasteiger partial charge in [0.1, 0.15) is 11.5 Å². The van der Waals surface area contributed by atoms with E-state index in [1.807, 2.05) is 72.8 Å². The summed E-state index contributed by atoms with van der Waals surface area (Å²) in [6.07, 6.45) is 4.88. The number of ether oxygens (including phenoxy) is 2. The van der Waals surface area contributed by atoms with Crippen LogP contribution in [0, 0.1) is 0 Å². The van der Waals surface area contributed by atoms with Crippen molar-refractivity contribution in [3.8, 4) is 11.5 Å². The molecule has 2 heteroatoms. The Bertz CT molecular complexity index is 542. The van der Waals surface area contributed by atoms with Gasteiger partial charge in [0, 0.05) is 0 Å². The maximum absolute atomic E-state index is 5.83. The van der Waals surface area contributed by atoms with Crippen LogP contribution in [0.25, 0.3) is 0 Å². The maximum Gasteiger partial charge on any atom is 0.165 e. The minimum absolute atomic E-state index is 0.773. The van der Waals surface area contributed by atoms with Crippen LogP contribution in [0.2, 0.25) is 0 Å². The molecule has 0 aromatic heterocycles. The van der Waals surface area contributed by atoms with Gasteiger partial charge in [0.15, 0.2) is 11.5 Å². The molecular formula is C17H14O2. The van der Waals surface area contributed by atoms with E-state index in [1.165, 1.54) is 0 Å². The van der Waals surface area contributed by atoms with Gasteiger partial charge in [0.25, 0.3) is 0 Å². The molecule has 19 heavy (non-hydrogen) atoms. The number of hydrogen-bond donors (Lipinski definition) is 0. The third-order valence-corrected chi connectivity index (χ3v) is 2.79. The Morgan fingerprint density at radius 3 is 1.42 bits per heavy atom. The fourth-order valence-electron chi connectivity index (χ4n) is 1.89. The molecule has 2 nitrogen and oxygen atoms in total. The topological polar surface area (TPSA) is 18.5 Å². The second-order valence-corrected chi connectivity index (χ2v) is 4.20. The molecule has 0 unspecified atom stereocenters. The number of para-hydroxylation sites is 2. The van der Waals surface area contributed by atoms with Crippen molar-refractivity contribution in [3.05, 3.63) is 84.3 Å². The molecule has 0 radical (unpaired) electrons. The molecule has 94 valence electrons. The van der Waals surface area contributed by atoms with E-state index in [-0.39, 0.29) is 0 Å². The third-order valence-electron chi connectivity index (χ3n) is 2.79. The number of allylic oxidation sites excluding steroid dienone is 2. The van der Waals surface area contributed by atoms with Gasteiger partial charge in [-0.2, -0.15) is 0 Å². The summed E-state index contributed by atoms with van der Waals surface area (Å²) in [6.45, 7) is 0. The van der Waals surface area contributed by atoms with E-state index in [1.54, 1.807) is 0 Å². The summed E-state index contributed by atoms with van der Waals surface area (Å²) in [6, 6.07) is 19.5. The normalized spacial score (nSPS) is 13.7. The highest BCUT2D eigenvalue weighted by molar-refractivity contribution is 5.36. The van der Waals surface area contributed by atoms with Gasteiger partial charge < -0.3 is 9.47 Å². The van der Waals surface area contributed by atoms with Crippen molar-refractivity contribution in [1.29, 1.82) is 0 Å². The van der Waals surface area contributed by atoms with Gasteiger partial charge in [-0.05, 0) is 42.8 Å². The van der Waals surface area contributed by atoms with Crippen LogP contribution in [0.5, 0.6) is 11.5 Å². The van der Waals surface area contributed by atoms with Gasteiger partial charge in [-0.25, -0.2) is 0 Å². The number of hydrogen-bond acceptors (Lipinski definition) is 2. The van der Waals surface area contributed by atoms with Crippen molar-refractivity contribution < 1.29 is 9.47 Å². The second-order valence-electron chi connectivity index (χ2n) is 4.20. The molecule has 0 atom stereocenters. The Kier molecular flexibility index (Phi) is 3.32. The minimum atomic E-state index is 0.773. The van der Waals surface area contributed by atoms with E-state index in [0.717, 1.165) is 29.4 Å². The molecule has 0 saturated heterocycles. The van der Waals surface area contributed by atoms with Crippen LogP contribution >= 0.6 is 0 Å². The highest BCUT2D eigenvalue weighted by atomic mass is 16.5. The molecule has 0 aliphatic heterocycles. The average Bonchev–Trinajstić information content (AvgIpc) is 2.88. The summed E-state index contributed by atoms with van der Waals surface area (Å²) < 4.78 is 11.7. The summed E-state index contributed by atoms with van der Waals surface area (Å²) in [5, 5.41) is 0. The zero-order valence-electron chi connectivity index (χ0n) is 10.5. The Morgan fingerprint density at radius 2 is 1.00 bits per heavy atom. The Labute approximate surface area is 112 Å². The monoisotopic (exact) mass is 250 g/mol. The molecule has 0 spiro atoms. The molecule has 2 aromatic carbocycles. The van der Waals surface area contributed by atoms with E-state index >= 15 is 0 Å². The lowest BCUT2D eigenvalue weighted by molar-refractivity contribution is 0.352. The molecular weight excluding hydrogens is 236 g/mol. The molecule has 1 aliphatic rings. The molecule has 3 rings (SSSR count). The fraction of sp³-hybridized carbons (Fsp3) is 0.0588. The lowest BCUT2D eigenvalue weighted by atomic mass is 10.3. The summed E-state index contributed by atoms with van der Waals surface area (Å²) in [5.41, 5.74) is 0. The zero-order chi connectivity index (χ0) is 12.9. The van der Waals surface area contributed by atoms with Crippen molar-refractivity contribution >= 4 is 0 Å². The fourth-order valence-corrected chi connectivity index (χ4v) is 1.89. The Hall–Kier alpha value is -2.48. The molecule has 0 N–H and O–H groups in total. The first-order chi connectivity index (χ1) is 9.42. The van der Waals surface area contributed by atoms with Gasteiger partial charge >= 0.3 is 0 Å². The average molecular weight is 250 g/mol. The van der Waals surface area contributed by atoms with Crippen LogP contribution in [0.15, 0.2) is 84.3 Å². The molecule has 2 aromatic rings. The van der Waals surface area contributed by atoms with Gasteiger partial charge in [-0.3, -0.25) is 0 Å². The predicted octanol–water partition coefficient (Wildman–Crippen LogP) is 4.32. The Balaban J connectivity index is 1.72. The Morgan fingerprint density at radius 1 is 0.579 bits per heavy atom. The first-order valence-electron chi connectivity index (χ1n) is 6.28. The van der Waals surface area contributed by atoms with E-state index in [0.29, 0.717) is 0 Å². The van der Waals surface area contributed by atoms with Crippen LogP contribution in [0.4, 0.5) is 0 Å². The lowest BCUT2D eigenvalue weighted by Gasteiger charge is -2.12. The van der Waals surface area contributed by atoms with Crippen LogP contribution < -0.4 is 9.47 Å². The van der Waals surface area contributed by atoms with Crippen molar-refractivity contribution in [2.24, 2.45) is 0 Å². The molecule has 0 saturated carbocycles. The van der Waals surface area contributed by atoms with E-state index in [9.17, 15) is 0 Å². The van der Waals surface area contributed by atoms with E-state index in [4.69, 9.17) is 9.47 Å². The molecule has 0 amide bonds. The summed E-state index contributed by atoms with van der Waals surface area (Å²) in [4.78, 5) is 0. The highest BCUT2D eigenvalue weighted by Gasteiger charge is 2.14. The van der Waals surface area contributed by atoms with Crippen molar-refractivity contribution in [2.75, 3.05) is 0 Å². The summed E-state index contributed by atoms with van der Waals surface area (Å²) >= 11 is 0. The summed E-state index contributed by atoms with van der Waals surface area (Å²) in [7, 11) is 0. The molecule has 0 bridgehead atoms. The third kappa shape index (κ3) is 2.86. The summed E-state index contributed by atoms with van der Waals surface area (Å²) in [5.74, 6) is 3.18. The van der Waals surface area contributed by atoms with Gasteiger partial charge in [-0.1, -0.05) is 36.4 Å². The minimum Gasteiger partial charge on any atom is -0.454 e. The largest absolute Gasteiger partial charge is 0.454 e. The standard InChI is InChI=1S/C17H14O2/c1-3-8-14(9-4-1)18-16-12-7-13-17(16)19-15-10-5-2-6-11-15/h1-6,8-13H,7H2. The lowest BCUT2D eigenvalue weighted by Crippen LogP contribution is -2.02. The van der Waals surface area contributed by atoms with Crippen LogP contribution in [0.1, 0.15) is 6.42 Å². The van der Waals surface area contributed by atoms with Gasteiger partial charge in [0.05, 0.1) is 0 Å². The predicted molar refractivity (Wildman–Crippen MR) is 74.9 cm³/mol. The van der Waals surface area contributed by atoms with E-state index in [2.05, 4.69) is 0 Å².